The van der Waals surface area contributed by atoms with Gasteiger partial charge in [-0.3, -0.25) is 9.36 Å². The fraction of sp³-hybridized carbons (Fsp3) is 0.370. The van der Waals surface area contributed by atoms with Gasteiger partial charge in [0.1, 0.15) is 17.7 Å². The first-order valence-corrected chi connectivity index (χ1v) is 12.1. The highest BCUT2D eigenvalue weighted by Crippen LogP contribution is 2.40. The van der Waals surface area contributed by atoms with Gasteiger partial charge in [-0.05, 0) is 86.0 Å². The quantitative estimate of drug-likeness (QED) is 0.621. The lowest BCUT2D eigenvalue weighted by molar-refractivity contribution is 0.345. The first-order chi connectivity index (χ1) is 17.0. The highest BCUT2D eigenvalue weighted by Gasteiger charge is 2.35. The van der Waals surface area contributed by atoms with Crippen LogP contribution in [-0.4, -0.2) is 35.7 Å². The third kappa shape index (κ3) is 3.90. The van der Waals surface area contributed by atoms with Gasteiger partial charge in [-0.15, -0.1) is 0 Å². The smallest absolute Gasteiger partial charge is 0.296 e. The summed E-state index contributed by atoms with van der Waals surface area (Å²) in [6, 6.07) is 13.4. The second kappa shape index (κ2) is 8.58. The van der Waals surface area contributed by atoms with E-state index in [9.17, 15) is 9.18 Å². The van der Waals surface area contributed by atoms with Crippen LogP contribution >= 0.6 is 0 Å². The molecule has 0 spiro atoms. The molecule has 2 aromatic carbocycles. The van der Waals surface area contributed by atoms with Crippen LogP contribution in [-0.2, 0) is 0 Å². The molecule has 1 aliphatic carbocycles. The van der Waals surface area contributed by atoms with Crippen molar-refractivity contribution in [2.75, 3.05) is 31.1 Å². The molecule has 3 aromatic rings. The normalized spacial score (nSPS) is 21.6. The van der Waals surface area contributed by atoms with Crippen LogP contribution in [0.5, 0.6) is 0 Å². The number of anilines is 1. The Morgan fingerprint density at radius 3 is 2.51 bits per heavy atom. The van der Waals surface area contributed by atoms with Crippen molar-refractivity contribution in [3.8, 4) is 23.1 Å². The Morgan fingerprint density at radius 1 is 1.03 bits per heavy atom. The van der Waals surface area contributed by atoms with Gasteiger partial charge in [0.15, 0.2) is 5.82 Å². The molecule has 0 amide bonds. The molecule has 0 bridgehead atoms. The molecule has 1 saturated carbocycles. The van der Waals surface area contributed by atoms with Crippen LogP contribution in [0.4, 0.5) is 14.6 Å². The van der Waals surface area contributed by atoms with E-state index < -0.39 is 17.2 Å². The van der Waals surface area contributed by atoms with Gasteiger partial charge in [0, 0.05) is 18.7 Å². The summed E-state index contributed by atoms with van der Waals surface area (Å²) in [4.78, 5) is 19.9. The number of piperidine rings is 1. The molecule has 35 heavy (non-hydrogen) atoms. The van der Waals surface area contributed by atoms with E-state index in [1.807, 2.05) is 23.1 Å². The molecule has 3 fully saturated rings. The van der Waals surface area contributed by atoms with Crippen molar-refractivity contribution in [3.63, 3.8) is 0 Å². The van der Waals surface area contributed by atoms with Crippen molar-refractivity contribution in [2.45, 2.75) is 25.2 Å². The topological polar surface area (TPSA) is 74.0 Å². The molecule has 2 unspecified atom stereocenters. The maximum absolute atomic E-state index is 15.6. The van der Waals surface area contributed by atoms with Crippen LogP contribution in [0, 0.1) is 34.8 Å². The number of hydrogen-bond donors (Lipinski definition) is 1. The van der Waals surface area contributed by atoms with Crippen molar-refractivity contribution < 1.29 is 8.78 Å². The first-order valence-electron chi connectivity index (χ1n) is 12.1. The average Bonchev–Trinajstić information content (AvgIpc) is 3.62. The molecular weight excluding hydrogens is 448 g/mol. The lowest BCUT2D eigenvalue weighted by Crippen LogP contribution is -2.42. The predicted molar refractivity (Wildman–Crippen MR) is 129 cm³/mol. The lowest BCUT2D eigenvalue weighted by Gasteiger charge is -2.35. The fourth-order valence-electron chi connectivity index (χ4n) is 5.42. The molecule has 1 aromatic heterocycles. The molecule has 6 nitrogen and oxygen atoms in total. The van der Waals surface area contributed by atoms with Crippen molar-refractivity contribution in [2.24, 2.45) is 11.8 Å². The number of rotatable bonds is 4. The van der Waals surface area contributed by atoms with Crippen molar-refractivity contribution in [1.82, 2.24) is 14.9 Å². The molecule has 178 valence electrons. The minimum absolute atomic E-state index is 0.00553. The zero-order valence-corrected chi connectivity index (χ0v) is 19.2. The SMILES string of the molecule is N#Cc1ccc(-c2nc(N3CCC4CNCC4C3)c(F)c(=O)n2-c2ccc(C3CC3)cc2)cc1F. The van der Waals surface area contributed by atoms with Gasteiger partial charge >= 0.3 is 0 Å². The molecule has 0 radical (unpaired) electrons. The third-order valence-corrected chi connectivity index (χ3v) is 7.56. The van der Waals surface area contributed by atoms with Gasteiger partial charge in [-0.25, -0.2) is 9.37 Å². The second-order valence-electron chi connectivity index (χ2n) is 9.80. The summed E-state index contributed by atoms with van der Waals surface area (Å²) in [5, 5.41) is 12.5. The van der Waals surface area contributed by atoms with Crippen LogP contribution in [0.1, 0.15) is 36.3 Å². The number of nitrogens with zero attached hydrogens (tertiary/aromatic N) is 4. The largest absolute Gasteiger partial charge is 0.354 e. The number of aromatic nitrogens is 2. The summed E-state index contributed by atoms with van der Waals surface area (Å²) in [7, 11) is 0. The highest BCUT2D eigenvalue weighted by molar-refractivity contribution is 5.63. The van der Waals surface area contributed by atoms with E-state index in [0.717, 1.165) is 32.4 Å². The summed E-state index contributed by atoms with van der Waals surface area (Å²) in [6.45, 7) is 3.04. The van der Waals surface area contributed by atoms with E-state index in [1.165, 1.54) is 22.3 Å². The fourth-order valence-corrected chi connectivity index (χ4v) is 5.42. The van der Waals surface area contributed by atoms with Crippen LogP contribution < -0.4 is 15.8 Å². The standard InChI is InChI=1S/C27H25F2N5O/c28-23-11-18(3-4-19(23)12-30)25-32-26(33-10-9-20-13-31-14-21(20)15-33)24(29)27(35)34(25)22-7-5-17(6-8-22)16-1-2-16/h3-8,11,16,20-21,31H,1-2,9-10,13-15H2. The molecule has 3 heterocycles. The lowest BCUT2D eigenvalue weighted by atomic mass is 9.89. The van der Waals surface area contributed by atoms with E-state index in [1.54, 1.807) is 18.2 Å². The Bertz CT molecular complexity index is 1390. The molecule has 3 aliphatic rings. The number of hydrogen-bond acceptors (Lipinski definition) is 5. The molecule has 2 saturated heterocycles. The molecule has 2 aliphatic heterocycles. The Balaban J connectivity index is 1.49. The predicted octanol–water partition coefficient (Wildman–Crippen LogP) is 3.97. The Morgan fingerprint density at radius 2 is 1.80 bits per heavy atom. The van der Waals surface area contributed by atoms with E-state index >= 15 is 4.39 Å². The van der Waals surface area contributed by atoms with Gasteiger partial charge in [-0.2, -0.15) is 9.65 Å². The number of benzene rings is 2. The van der Waals surface area contributed by atoms with Gasteiger partial charge in [0.2, 0.25) is 5.82 Å². The number of nitrogens with one attached hydrogen (secondary N) is 1. The Hall–Kier alpha value is -3.57. The highest BCUT2D eigenvalue weighted by atomic mass is 19.1. The minimum atomic E-state index is -0.904. The second-order valence-corrected chi connectivity index (χ2v) is 9.80. The zero-order valence-electron chi connectivity index (χ0n) is 19.2. The summed E-state index contributed by atoms with van der Waals surface area (Å²) in [5.41, 5.74) is 1.04. The van der Waals surface area contributed by atoms with E-state index in [4.69, 9.17) is 5.26 Å². The van der Waals surface area contributed by atoms with Crippen molar-refractivity contribution in [1.29, 1.82) is 5.26 Å². The van der Waals surface area contributed by atoms with Crippen LogP contribution in [0.25, 0.3) is 17.1 Å². The summed E-state index contributed by atoms with van der Waals surface area (Å²) < 4.78 is 31.4. The molecular formula is C27H25F2N5O. The van der Waals surface area contributed by atoms with Gasteiger partial charge < -0.3 is 10.2 Å². The average molecular weight is 474 g/mol. The van der Waals surface area contributed by atoms with Crippen LogP contribution in [0.3, 0.4) is 0 Å². The molecule has 6 rings (SSSR count). The van der Waals surface area contributed by atoms with E-state index in [-0.39, 0.29) is 17.2 Å². The third-order valence-electron chi connectivity index (χ3n) is 7.56. The number of nitriles is 1. The number of fused-ring (bicyclic) bond motifs is 1. The minimum Gasteiger partial charge on any atom is -0.354 e. The molecule has 8 heteroatoms. The zero-order chi connectivity index (χ0) is 24.1. The van der Waals surface area contributed by atoms with Gasteiger partial charge in [-0.1, -0.05) is 12.1 Å². The Kier molecular flexibility index (Phi) is 5.37. The van der Waals surface area contributed by atoms with Crippen molar-refractivity contribution in [3.05, 3.63) is 75.6 Å². The summed E-state index contributed by atoms with van der Waals surface area (Å²) in [6.07, 6.45) is 3.19. The molecule has 1 N–H and O–H groups in total. The molecule has 2 atom stereocenters. The summed E-state index contributed by atoms with van der Waals surface area (Å²) >= 11 is 0. The van der Waals surface area contributed by atoms with Gasteiger partial charge in [0.25, 0.3) is 5.56 Å². The maximum atomic E-state index is 15.6. The van der Waals surface area contributed by atoms with Crippen LogP contribution in [0.2, 0.25) is 0 Å². The van der Waals surface area contributed by atoms with E-state index in [0.29, 0.717) is 42.1 Å². The maximum Gasteiger partial charge on any atom is 0.296 e. The van der Waals surface area contributed by atoms with Crippen LogP contribution in [0.15, 0.2) is 47.3 Å². The van der Waals surface area contributed by atoms with E-state index in [2.05, 4.69) is 10.3 Å². The first kappa shape index (κ1) is 21.9. The monoisotopic (exact) mass is 473 g/mol. The summed E-state index contributed by atoms with van der Waals surface area (Å²) in [5.74, 6) is 0.00626. The number of halogens is 2. The van der Waals surface area contributed by atoms with Crippen molar-refractivity contribution >= 4 is 5.82 Å². The van der Waals surface area contributed by atoms with Gasteiger partial charge in [0.05, 0.1) is 11.3 Å². The Labute approximate surface area is 201 Å².